The summed E-state index contributed by atoms with van der Waals surface area (Å²) < 4.78 is 26.4. The van der Waals surface area contributed by atoms with Gasteiger partial charge in [-0.3, -0.25) is 4.79 Å². The van der Waals surface area contributed by atoms with Crippen molar-refractivity contribution in [2.24, 2.45) is 5.92 Å². The molecule has 0 heterocycles. The number of nitrogens with two attached hydrogens (primary N) is 1. The second-order valence-electron chi connectivity index (χ2n) is 4.49. The maximum atomic E-state index is 12.4. The van der Waals surface area contributed by atoms with Crippen molar-refractivity contribution >= 4 is 37.5 Å². The molecule has 1 rings (SSSR count). The fourth-order valence-electron chi connectivity index (χ4n) is 1.71. The lowest BCUT2D eigenvalue weighted by molar-refractivity contribution is -0.124. The lowest BCUT2D eigenvalue weighted by atomic mass is 10.2. The van der Waals surface area contributed by atoms with Crippen LogP contribution in [-0.2, 0) is 14.8 Å². The van der Waals surface area contributed by atoms with Crippen LogP contribution in [0.15, 0.2) is 27.6 Å². The van der Waals surface area contributed by atoms with E-state index < -0.39 is 15.9 Å². The number of hydrogen-bond acceptors (Lipinski definition) is 4. The van der Waals surface area contributed by atoms with Crippen LogP contribution in [0.1, 0.15) is 6.92 Å². The summed E-state index contributed by atoms with van der Waals surface area (Å²) in [5, 5.41) is 2.49. The Morgan fingerprint density at radius 1 is 1.50 bits per heavy atom. The molecule has 0 saturated heterocycles. The minimum Gasteiger partial charge on any atom is -0.399 e. The molecule has 1 unspecified atom stereocenters. The molecule has 112 valence electrons. The maximum Gasteiger partial charge on any atom is 0.243 e. The number of nitrogen functional groups attached to an aromatic ring is 1. The van der Waals surface area contributed by atoms with Crippen LogP contribution in [-0.4, -0.2) is 39.3 Å². The minimum absolute atomic E-state index is 0.0961. The van der Waals surface area contributed by atoms with Gasteiger partial charge in [-0.25, -0.2) is 12.7 Å². The molecule has 0 aromatic heterocycles. The normalized spacial score (nSPS) is 13.2. The van der Waals surface area contributed by atoms with E-state index in [1.165, 1.54) is 32.3 Å². The first-order valence-corrected chi connectivity index (χ1v) is 8.16. The van der Waals surface area contributed by atoms with Crippen LogP contribution in [0.25, 0.3) is 0 Å². The Bertz CT molecular complexity index is 604. The van der Waals surface area contributed by atoms with E-state index in [1.807, 2.05) is 0 Å². The number of benzene rings is 1. The lowest BCUT2D eigenvalue weighted by Crippen LogP contribution is -2.37. The van der Waals surface area contributed by atoms with Crippen LogP contribution in [0, 0.1) is 5.92 Å². The van der Waals surface area contributed by atoms with E-state index in [0.29, 0.717) is 10.2 Å². The Kier molecular flexibility index (Phi) is 5.55. The van der Waals surface area contributed by atoms with Crippen molar-refractivity contribution in [1.82, 2.24) is 9.62 Å². The topological polar surface area (TPSA) is 92.5 Å². The van der Waals surface area contributed by atoms with Crippen LogP contribution >= 0.6 is 15.9 Å². The van der Waals surface area contributed by atoms with E-state index >= 15 is 0 Å². The Hall–Kier alpha value is -1.12. The van der Waals surface area contributed by atoms with E-state index in [9.17, 15) is 13.2 Å². The molecule has 0 aliphatic heterocycles. The molecule has 0 bridgehead atoms. The average molecular weight is 364 g/mol. The highest BCUT2D eigenvalue weighted by Gasteiger charge is 2.26. The minimum atomic E-state index is -3.67. The molecule has 0 spiro atoms. The number of rotatable bonds is 5. The number of amides is 1. The van der Waals surface area contributed by atoms with Gasteiger partial charge in [-0.1, -0.05) is 6.92 Å². The molecule has 20 heavy (non-hydrogen) atoms. The first-order chi connectivity index (χ1) is 9.20. The third kappa shape index (κ3) is 3.71. The number of halogens is 1. The molecule has 6 nitrogen and oxygen atoms in total. The van der Waals surface area contributed by atoms with Crippen molar-refractivity contribution in [3.05, 3.63) is 22.7 Å². The quantitative estimate of drug-likeness (QED) is 0.764. The summed E-state index contributed by atoms with van der Waals surface area (Å²) in [6.07, 6.45) is 0. The highest BCUT2D eigenvalue weighted by molar-refractivity contribution is 9.10. The van der Waals surface area contributed by atoms with Crippen molar-refractivity contribution in [1.29, 1.82) is 0 Å². The first-order valence-electron chi connectivity index (χ1n) is 5.93. The van der Waals surface area contributed by atoms with Crippen LogP contribution < -0.4 is 11.1 Å². The SMILES string of the molecule is CNC(=O)C(C)CN(C)S(=O)(=O)c1ccc(N)cc1Br. The molecule has 1 amide bonds. The number of sulfonamides is 1. The third-order valence-corrected chi connectivity index (χ3v) is 5.67. The summed E-state index contributed by atoms with van der Waals surface area (Å²) in [6, 6.07) is 4.49. The van der Waals surface area contributed by atoms with Gasteiger partial charge in [0.1, 0.15) is 0 Å². The Balaban J connectivity index is 3.01. The molecule has 0 aliphatic carbocycles. The molecular weight excluding hydrogens is 346 g/mol. The van der Waals surface area contributed by atoms with Gasteiger partial charge in [0, 0.05) is 36.7 Å². The molecule has 0 radical (unpaired) electrons. The van der Waals surface area contributed by atoms with Gasteiger partial charge in [0.2, 0.25) is 15.9 Å². The monoisotopic (exact) mass is 363 g/mol. The molecule has 1 aromatic carbocycles. The zero-order chi connectivity index (χ0) is 15.5. The second kappa shape index (κ2) is 6.55. The van der Waals surface area contributed by atoms with Gasteiger partial charge in [0.25, 0.3) is 0 Å². The van der Waals surface area contributed by atoms with Crippen molar-refractivity contribution in [3.8, 4) is 0 Å². The molecule has 0 saturated carbocycles. The summed E-state index contributed by atoms with van der Waals surface area (Å²) >= 11 is 3.19. The summed E-state index contributed by atoms with van der Waals surface area (Å²) in [5.74, 6) is -0.643. The highest BCUT2D eigenvalue weighted by atomic mass is 79.9. The van der Waals surface area contributed by atoms with Gasteiger partial charge in [0.15, 0.2) is 0 Å². The molecule has 0 aliphatic rings. The van der Waals surface area contributed by atoms with E-state index in [4.69, 9.17) is 5.73 Å². The fourth-order valence-corrected chi connectivity index (χ4v) is 4.02. The number of nitrogens with one attached hydrogen (secondary N) is 1. The van der Waals surface area contributed by atoms with E-state index in [0.717, 1.165) is 4.31 Å². The highest BCUT2D eigenvalue weighted by Crippen LogP contribution is 2.26. The van der Waals surface area contributed by atoms with E-state index in [2.05, 4.69) is 21.2 Å². The van der Waals surface area contributed by atoms with Crippen molar-refractivity contribution in [2.75, 3.05) is 26.4 Å². The van der Waals surface area contributed by atoms with Gasteiger partial charge < -0.3 is 11.1 Å². The van der Waals surface area contributed by atoms with Gasteiger partial charge in [0.05, 0.1) is 4.90 Å². The van der Waals surface area contributed by atoms with Gasteiger partial charge in [-0.15, -0.1) is 0 Å². The van der Waals surface area contributed by atoms with E-state index in [-0.39, 0.29) is 17.3 Å². The van der Waals surface area contributed by atoms with Gasteiger partial charge in [-0.2, -0.15) is 0 Å². The molecule has 0 fully saturated rings. The summed E-state index contributed by atoms with van der Waals surface area (Å²) in [4.78, 5) is 11.6. The van der Waals surface area contributed by atoms with Crippen LogP contribution in [0.4, 0.5) is 5.69 Å². The van der Waals surface area contributed by atoms with E-state index in [1.54, 1.807) is 6.92 Å². The molecule has 3 N–H and O–H groups in total. The van der Waals surface area contributed by atoms with Crippen LogP contribution in [0.5, 0.6) is 0 Å². The molecule has 8 heteroatoms. The average Bonchev–Trinajstić information content (AvgIpc) is 2.36. The predicted octanol–water partition coefficient (Wildman–Crippen LogP) is 1.03. The predicted molar refractivity (Wildman–Crippen MR) is 81.6 cm³/mol. The van der Waals surface area contributed by atoms with Gasteiger partial charge in [-0.05, 0) is 34.1 Å². The summed E-state index contributed by atoms with van der Waals surface area (Å²) in [6.45, 7) is 1.77. The van der Waals surface area contributed by atoms with Crippen LogP contribution in [0.2, 0.25) is 0 Å². The molecular formula is C12H18BrN3O3S. The Morgan fingerprint density at radius 3 is 2.60 bits per heavy atom. The fraction of sp³-hybridized carbons (Fsp3) is 0.417. The standard InChI is InChI=1S/C12H18BrN3O3S/c1-8(12(17)15-2)7-16(3)20(18,19)11-5-4-9(14)6-10(11)13/h4-6,8H,7,14H2,1-3H3,(H,15,17). The maximum absolute atomic E-state index is 12.4. The van der Waals surface area contributed by atoms with Crippen molar-refractivity contribution in [2.45, 2.75) is 11.8 Å². The number of carbonyl (C=O) groups is 1. The second-order valence-corrected chi connectivity index (χ2v) is 7.36. The Morgan fingerprint density at radius 2 is 2.10 bits per heavy atom. The largest absolute Gasteiger partial charge is 0.399 e. The number of hydrogen-bond donors (Lipinski definition) is 2. The van der Waals surface area contributed by atoms with Crippen molar-refractivity contribution < 1.29 is 13.2 Å². The van der Waals surface area contributed by atoms with Gasteiger partial charge >= 0.3 is 0 Å². The molecule has 1 atom stereocenters. The Labute approximate surface area is 127 Å². The zero-order valence-electron chi connectivity index (χ0n) is 11.6. The third-order valence-electron chi connectivity index (χ3n) is 2.87. The summed E-state index contributed by atoms with van der Waals surface area (Å²) in [5.41, 5.74) is 6.06. The summed E-state index contributed by atoms with van der Waals surface area (Å²) in [7, 11) is -0.713. The van der Waals surface area contributed by atoms with Crippen molar-refractivity contribution in [3.63, 3.8) is 0 Å². The first kappa shape index (κ1) is 16.9. The lowest BCUT2D eigenvalue weighted by Gasteiger charge is -2.21. The number of nitrogens with zero attached hydrogens (tertiary/aromatic N) is 1. The molecule has 1 aromatic rings. The number of carbonyl (C=O) groups excluding carboxylic acids is 1. The number of anilines is 1. The van der Waals surface area contributed by atoms with Crippen LogP contribution in [0.3, 0.4) is 0 Å². The zero-order valence-corrected chi connectivity index (χ0v) is 14.0. The smallest absolute Gasteiger partial charge is 0.243 e.